The van der Waals surface area contributed by atoms with Crippen LogP contribution in [0.25, 0.3) is 10.9 Å². The van der Waals surface area contributed by atoms with Gasteiger partial charge in [-0.3, -0.25) is 4.79 Å². The predicted molar refractivity (Wildman–Crippen MR) is 119 cm³/mol. The molecule has 4 nitrogen and oxygen atoms in total. The lowest BCUT2D eigenvalue weighted by Crippen LogP contribution is -2.44. The van der Waals surface area contributed by atoms with Crippen LogP contribution in [0.2, 0.25) is 5.02 Å². The summed E-state index contributed by atoms with van der Waals surface area (Å²) in [5, 5.41) is 4.70. The van der Waals surface area contributed by atoms with E-state index in [2.05, 4.69) is 33.5 Å². The zero-order chi connectivity index (χ0) is 19.8. The SMILES string of the molecule is O=C(Nc1ccc2[nH]cc(C3CCN4CCCCC4C3)c2c1)c1ccccc1Cl. The van der Waals surface area contributed by atoms with Crippen molar-refractivity contribution in [2.45, 2.75) is 44.1 Å². The monoisotopic (exact) mass is 407 g/mol. The van der Waals surface area contributed by atoms with Gasteiger partial charge in [0.15, 0.2) is 0 Å². The number of aromatic nitrogens is 1. The minimum atomic E-state index is -0.178. The second kappa shape index (κ2) is 7.85. The van der Waals surface area contributed by atoms with Crippen molar-refractivity contribution in [3.05, 3.63) is 64.8 Å². The molecule has 0 bridgehead atoms. The molecule has 5 heteroatoms. The van der Waals surface area contributed by atoms with Crippen LogP contribution in [0.1, 0.15) is 53.9 Å². The molecule has 0 aliphatic carbocycles. The summed E-state index contributed by atoms with van der Waals surface area (Å²) < 4.78 is 0. The van der Waals surface area contributed by atoms with Crippen LogP contribution >= 0.6 is 11.6 Å². The van der Waals surface area contributed by atoms with E-state index >= 15 is 0 Å². The zero-order valence-electron chi connectivity index (χ0n) is 16.5. The Balaban J connectivity index is 1.39. The summed E-state index contributed by atoms with van der Waals surface area (Å²) in [6, 6.07) is 14.0. The van der Waals surface area contributed by atoms with Crippen molar-refractivity contribution in [1.29, 1.82) is 0 Å². The van der Waals surface area contributed by atoms with Gasteiger partial charge in [-0.25, -0.2) is 0 Å². The summed E-state index contributed by atoms with van der Waals surface area (Å²) in [6.45, 7) is 2.47. The number of anilines is 1. The first-order valence-corrected chi connectivity index (χ1v) is 11.0. The van der Waals surface area contributed by atoms with Crippen molar-refractivity contribution in [3.8, 4) is 0 Å². The van der Waals surface area contributed by atoms with Crippen molar-refractivity contribution in [1.82, 2.24) is 9.88 Å². The summed E-state index contributed by atoms with van der Waals surface area (Å²) in [7, 11) is 0. The van der Waals surface area contributed by atoms with E-state index in [1.54, 1.807) is 12.1 Å². The van der Waals surface area contributed by atoms with Crippen molar-refractivity contribution in [3.63, 3.8) is 0 Å². The number of carbonyl (C=O) groups is 1. The lowest BCUT2D eigenvalue weighted by Gasteiger charge is -2.42. The highest BCUT2D eigenvalue weighted by atomic mass is 35.5. The molecule has 0 saturated carbocycles. The van der Waals surface area contributed by atoms with Gasteiger partial charge in [-0.05, 0) is 80.6 Å². The second-order valence-electron chi connectivity index (χ2n) is 8.35. The van der Waals surface area contributed by atoms with Crippen LogP contribution < -0.4 is 5.32 Å². The summed E-state index contributed by atoms with van der Waals surface area (Å²) in [5.41, 5.74) is 3.81. The minimum absolute atomic E-state index is 0.178. The summed E-state index contributed by atoms with van der Waals surface area (Å²) in [4.78, 5) is 18.8. The molecule has 2 aromatic carbocycles. The number of piperidine rings is 2. The summed E-state index contributed by atoms with van der Waals surface area (Å²) in [5.74, 6) is 0.403. The van der Waals surface area contributed by atoms with Gasteiger partial charge in [-0.1, -0.05) is 30.2 Å². The van der Waals surface area contributed by atoms with Gasteiger partial charge < -0.3 is 15.2 Å². The van der Waals surface area contributed by atoms with E-state index < -0.39 is 0 Å². The molecule has 29 heavy (non-hydrogen) atoms. The van der Waals surface area contributed by atoms with Gasteiger partial charge in [0.25, 0.3) is 5.91 Å². The summed E-state index contributed by atoms with van der Waals surface area (Å²) in [6.07, 6.45) is 8.66. The van der Waals surface area contributed by atoms with E-state index in [4.69, 9.17) is 11.6 Å². The maximum Gasteiger partial charge on any atom is 0.257 e. The standard InChI is InChI=1S/C24H26ClN3O/c25-22-7-2-1-6-19(22)24(29)27-17-8-9-23-20(14-17)21(15-26-23)16-10-12-28-11-4-3-5-18(28)13-16/h1-2,6-9,14-16,18,26H,3-5,10-13H2,(H,27,29). The quantitative estimate of drug-likeness (QED) is 0.575. The molecule has 0 radical (unpaired) electrons. The maximum absolute atomic E-state index is 12.6. The highest BCUT2D eigenvalue weighted by Gasteiger charge is 2.31. The molecule has 2 saturated heterocycles. The molecule has 5 rings (SSSR count). The molecule has 150 valence electrons. The fraction of sp³-hybridized carbons (Fsp3) is 0.375. The van der Waals surface area contributed by atoms with Crippen molar-refractivity contribution in [2.75, 3.05) is 18.4 Å². The Labute approximate surface area is 176 Å². The number of carbonyl (C=O) groups excluding carboxylic acids is 1. The molecule has 3 aromatic rings. The van der Waals surface area contributed by atoms with E-state index in [9.17, 15) is 4.79 Å². The maximum atomic E-state index is 12.6. The number of rotatable bonds is 3. The largest absolute Gasteiger partial charge is 0.361 e. The Bertz CT molecular complexity index is 1040. The van der Waals surface area contributed by atoms with Crippen LogP contribution in [-0.4, -0.2) is 34.9 Å². The number of hydrogen-bond donors (Lipinski definition) is 2. The van der Waals surface area contributed by atoms with Crippen molar-refractivity contribution < 1.29 is 4.79 Å². The molecule has 2 aliphatic heterocycles. The van der Waals surface area contributed by atoms with Crippen molar-refractivity contribution in [2.24, 2.45) is 0 Å². The molecule has 1 aromatic heterocycles. The number of amides is 1. The van der Waals surface area contributed by atoms with E-state index in [1.807, 2.05) is 18.2 Å². The number of nitrogens with one attached hydrogen (secondary N) is 2. The molecule has 2 fully saturated rings. The van der Waals surface area contributed by atoms with Gasteiger partial charge >= 0.3 is 0 Å². The average Bonchev–Trinajstić information content (AvgIpc) is 3.17. The van der Waals surface area contributed by atoms with Gasteiger partial charge in [-0.2, -0.15) is 0 Å². The molecule has 1 amide bonds. The third-order valence-corrected chi connectivity index (χ3v) is 6.93. The van der Waals surface area contributed by atoms with Gasteiger partial charge in [0.05, 0.1) is 10.6 Å². The first-order chi connectivity index (χ1) is 14.2. The Hall–Kier alpha value is -2.30. The van der Waals surface area contributed by atoms with Crippen LogP contribution in [0.3, 0.4) is 0 Å². The van der Waals surface area contributed by atoms with Crippen LogP contribution in [0, 0.1) is 0 Å². The second-order valence-corrected chi connectivity index (χ2v) is 8.75. The fourth-order valence-electron chi connectivity index (χ4n) is 5.07. The number of halogens is 1. The molecule has 0 spiro atoms. The number of H-pyrrole nitrogens is 1. The third-order valence-electron chi connectivity index (χ3n) is 6.60. The molecule has 3 heterocycles. The lowest BCUT2D eigenvalue weighted by atomic mass is 9.82. The Morgan fingerprint density at radius 2 is 2.00 bits per heavy atom. The predicted octanol–water partition coefficient (Wildman–Crippen LogP) is 5.81. The molecular weight excluding hydrogens is 382 g/mol. The summed E-state index contributed by atoms with van der Waals surface area (Å²) >= 11 is 6.18. The number of aromatic amines is 1. The molecule has 2 unspecified atom stereocenters. The number of fused-ring (bicyclic) bond motifs is 2. The van der Waals surface area contributed by atoms with Gasteiger partial charge in [0.1, 0.15) is 0 Å². The number of benzene rings is 2. The van der Waals surface area contributed by atoms with Gasteiger partial charge in [-0.15, -0.1) is 0 Å². The number of nitrogens with zero attached hydrogens (tertiary/aromatic N) is 1. The highest BCUT2D eigenvalue weighted by molar-refractivity contribution is 6.34. The Kier molecular flexibility index (Phi) is 5.06. The van der Waals surface area contributed by atoms with Crippen LogP contribution in [0.5, 0.6) is 0 Å². The molecule has 2 aliphatic rings. The van der Waals surface area contributed by atoms with E-state index in [-0.39, 0.29) is 5.91 Å². The van der Waals surface area contributed by atoms with Gasteiger partial charge in [0, 0.05) is 28.8 Å². The van der Waals surface area contributed by atoms with Crippen LogP contribution in [0.4, 0.5) is 5.69 Å². The lowest BCUT2D eigenvalue weighted by molar-refractivity contribution is 0.0977. The normalized spacial score (nSPS) is 22.4. The minimum Gasteiger partial charge on any atom is -0.361 e. The third kappa shape index (κ3) is 3.67. The van der Waals surface area contributed by atoms with Crippen molar-refractivity contribution >= 4 is 34.1 Å². The first kappa shape index (κ1) is 18.7. The van der Waals surface area contributed by atoms with E-state index in [0.717, 1.165) is 17.2 Å². The smallest absolute Gasteiger partial charge is 0.257 e. The molecule has 2 N–H and O–H groups in total. The van der Waals surface area contributed by atoms with Gasteiger partial charge in [0.2, 0.25) is 0 Å². The Morgan fingerprint density at radius 3 is 2.90 bits per heavy atom. The van der Waals surface area contributed by atoms with E-state index in [1.165, 1.54) is 56.1 Å². The molecule has 2 atom stereocenters. The average molecular weight is 408 g/mol. The number of hydrogen-bond acceptors (Lipinski definition) is 2. The Morgan fingerprint density at radius 1 is 1.10 bits per heavy atom. The van der Waals surface area contributed by atoms with Crippen LogP contribution in [-0.2, 0) is 0 Å². The van der Waals surface area contributed by atoms with E-state index in [0.29, 0.717) is 16.5 Å². The van der Waals surface area contributed by atoms with Crippen LogP contribution in [0.15, 0.2) is 48.7 Å². The zero-order valence-corrected chi connectivity index (χ0v) is 17.2. The first-order valence-electron chi connectivity index (χ1n) is 10.6. The molecular formula is C24H26ClN3O. The fourth-order valence-corrected chi connectivity index (χ4v) is 5.29. The topological polar surface area (TPSA) is 48.1 Å². The highest BCUT2D eigenvalue weighted by Crippen LogP contribution is 2.39.